The Bertz CT molecular complexity index is 396. The standard InChI is InChI=1S/C11H17N3O2S/c1-7(2)15-4-5-16-11-13-8(3)6-9(14-11)10(12)17/h6-7H,4-5H2,1-3H3,(H2,12,17). The summed E-state index contributed by atoms with van der Waals surface area (Å²) in [4.78, 5) is 8.46. The van der Waals surface area contributed by atoms with E-state index in [9.17, 15) is 0 Å². The van der Waals surface area contributed by atoms with Gasteiger partial charge in [-0.15, -0.1) is 0 Å². The fraction of sp³-hybridized carbons (Fsp3) is 0.545. The quantitative estimate of drug-likeness (QED) is 0.609. The van der Waals surface area contributed by atoms with E-state index in [1.807, 2.05) is 20.8 Å². The Kier molecular flexibility index (Phi) is 5.24. The van der Waals surface area contributed by atoms with Gasteiger partial charge in [0.1, 0.15) is 17.3 Å². The van der Waals surface area contributed by atoms with Gasteiger partial charge < -0.3 is 15.2 Å². The molecule has 6 heteroatoms. The maximum atomic E-state index is 5.51. The maximum Gasteiger partial charge on any atom is 0.317 e. The third-order valence-electron chi connectivity index (χ3n) is 1.85. The molecule has 1 heterocycles. The molecule has 0 amide bonds. The van der Waals surface area contributed by atoms with E-state index >= 15 is 0 Å². The molecule has 1 rings (SSSR count). The monoisotopic (exact) mass is 255 g/mol. The van der Waals surface area contributed by atoms with Crippen LogP contribution in [0, 0.1) is 6.92 Å². The molecule has 0 aromatic carbocycles. The predicted octanol–water partition coefficient (Wildman–Crippen LogP) is 1.22. The smallest absolute Gasteiger partial charge is 0.317 e. The van der Waals surface area contributed by atoms with Crippen molar-refractivity contribution in [2.45, 2.75) is 26.9 Å². The van der Waals surface area contributed by atoms with Crippen LogP contribution in [0.15, 0.2) is 6.07 Å². The number of nitrogens with two attached hydrogens (primary N) is 1. The van der Waals surface area contributed by atoms with Crippen molar-refractivity contribution in [3.63, 3.8) is 0 Å². The van der Waals surface area contributed by atoms with Crippen LogP contribution < -0.4 is 10.5 Å². The molecule has 94 valence electrons. The zero-order valence-corrected chi connectivity index (χ0v) is 11.1. The molecule has 0 saturated carbocycles. The van der Waals surface area contributed by atoms with E-state index in [-0.39, 0.29) is 17.1 Å². The molecule has 1 aromatic rings. The lowest BCUT2D eigenvalue weighted by atomic mass is 10.3. The topological polar surface area (TPSA) is 70.3 Å². The summed E-state index contributed by atoms with van der Waals surface area (Å²) in [7, 11) is 0. The summed E-state index contributed by atoms with van der Waals surface area (Å²) in [5, 5.41) is 0. The minimum Gasteiger partial charge on any atom is -0.461 e. The number of nitrogens with zero attached hydrogens (tertiary/aromatic N) is 2. The van der Waals surface area contributed by atoms with Crippen LogP contribution in [0.1, 0.15) is 25.2 Å². The molecule has 0 bridgehead atoms. The second kappa shape index (κ2) is 6.46. The molecule has 17 heavy (non-hydrogen) atoms. The Labute approximate surface area is 106 Å². The second-order valence-electron chi connectivity index (χ2n) is 3.81. The molecule has 0 atom stereocenters. The van der Waals surface area contributed by atoms with Gasteiger partial charge in [-0.3, -0.25) is 0 Å². The number of ether oxygens (including phenoxy) is 2. The SMILES string of the molecule is Cc1cc(C(N)=S)nc(OCCOC(C)C)n1. The maximum absolute atomic E-state index is 5.51. The Morgan fingerprint density at radius 2 is 2.12 bits per heavy atom. The summed E-state index contributed by atoms with van der Waals surface area (Å²) in [6.45, 7) is 6.67. The van der Waals surface area contributed by atoms with E-state index in [4.69, 9.17) is 27.4 Å². The molecule has 0 fully saturated rings. The minimum atomic E-state index is 0.184. The third-order valence-corrected chi connectivity index (χ3v) is 2.06. The number of rotatable bonds is 6. The Hall–Kier alpha value is -1.27. The highest BCUT2D eigenvalue weighted by Crippen LogP contribution is 2.07. The van der Waals surface area contributed by atoms with E-state index in [0.717, 1.165) is 5.69 Å². The van der Waals surface area contributed by atoms with Crippen molar-refractivity contribution >= 4 is 17.2 Å². The summed E-state index contributed by atoms with van der Waals surface area (Å²) in [6, 6.07) is 2.00. The molecular weight excluding hydrogens is 238 g/mol. The highest BCUT2D eigenvalue weighted by Gasteiger charge is 2.05. The first-order chi connectivity index (χ1) is 7.99. The highest BCUT2D eigenvalue weighted by molar-refractivity contribution is 7.80. The van der Waals surface area contributed by atoms with E-state index in [0.29, 0.717) is 18.9 Å². The van der Waals surface area contributed by atoms with Crippen LogP contribution in [0.3, 0.4) is 0 Å². The van der Waals surface area contributed by atoms with Gasteiger partial charge in [0.2, 0.25) is 0 Å². The van der Waals surface area contributed by atoms with Crippen LogP contribution >= 0.6 is 12.2 Å². The van der Waals surface area contributed by atoms with Crippen LogP contribution in [0.5, 0.6) is 6.01 Å². The van der Waals surface area contributed by atoms with Gasteiger partial charge in [-0.2, -0.15) is 4.98 Å². The molecule has 1 aromatic heterocycles. The predicted molar refractivity (Wildman–Crippen MR) is 69.2 cm³/mol. The van der Waals surface area contributed by atoms with Crippen molar-refractivity contribution in [1.82, 2.24) is 9.97 Å². The number of aryl methyl sites for hydroxylation is 1. The van der Waals surface area contributed by atoms with Crippen LogP contribution in [-0.4, -0.2) is 34.3 Å². The number of hydrogen-bond acceptors (Lipinski definition) is 5. The fourth-order valence-electron chi connectivity index (χ4n) is 1.15. The third kappa shape index (κ3) is 5.06. The normalized spacial score (nSPS) is 10.6. The van der Waals surface area contributed by atoms with Crippen molar-refractivity contribution in [1.29, 1.82) is 0 Å². The van der Waals surface area contributed by atoms with Crippen molar-refractivity contribution < 1.29 is 9.47 Å². The lowest BCUT2D eigenvalue weighted by Gasteiger charge is -2.09. The highest BCUT2D eigenvalue weighted by atomic mass is 32.1. The summed E-state index contributed by atoms with van der Waals surface area (Å²) in [5.41, 5.74) is 6.79. The van der Waals surface area contributed by atoms with Gasteiger partial charge in [0.25, 0.3) is 0 Å². The van der Waals surface area contributed by atoms with E-state index in [1.165, 1.54) is 0 Å². The van der Waals surface area contributed by atoms with Crippen LogP contribution in [0.4, 0.5) is 0 Å². The first-order valence-corrected chi connectivity index (χ1v) is 5.79. The molecule has 0 aliphatic rings. The van der Waals surface area contributed by atoms with Gasteiger partial charge in [-0.25, -0.2) is 4.98 Å². The Morgan fingerprint density at radius 1 is 1.41 bits per heavy atom. The number of aromatic nitrogens is 2. The van der Waals surface area contributed by atoms with Crippen LogP contribution in [0.25, 0.3) is 0 Å². The average molecular weight is 255 g/mol. The Morgan fingerprint density at radius 3 is 2.71 bits per heavy atom. The van der Waals surface area contributed by atoms with Gasteiger partial charge >= 0.3 is 6.01 Å². The summed E-state index contributed by atoms with van der Waals surface area (Å²) >= 11 is 4.86. The van der Waals surface area contributed by atoms with Crippen LogP contribution in [-0.2, 0) is 4.74 Å². The summed E-state index contributed by atoms with van der Waals surface area (Å²) < 4.78 is 10.7. The van der Waals surface area contributed by atoms with E-state index < -0.39 is 0 Å². The van der Waals surface area contributed by atoms with Crippen molar-refractivity contribution in [3.8, 4) is 6.01 Å². The molecule has 0 saturated heterocycles. The molecule has 0 aliphatic heterocycles. The van der Waals surface area contributed by atoms with Crippen molar-refractivity contribution in [2.75, 3.05) is 13.2 Å². The van der Waals surface area contributed by atoms with Gasteiger partial charge in [-0.1, -0.05) is 12.2 Å². The summed E-state index contributed by atoms with van der Waals surface area (Å²) in [6.07, 6.45) is 0.184. The largest absolute Gasteiger partial charge is 0.461 e. The minimum absolute atomic E-state index is 0.184. The van der Waals surface area contributed by atoms with E-state index in [1.54, 1.807) is 6.07 Å². The lowest BCUT2D eigenvalue weighted by molar-refractivity contribution is 0.0530. The van der Waals surface area contributed by atoms with Crippen molar-refractivity contribution in [2.24, 2.45) is 5.73 Å². The molecule has 0 unspecified atom stereocenters. The van der Waals surface area contributed by atoms with E-state index in [2.05, 4.69) is 9.97 Å². The Balaban J connectivity index is 2.56. The van der Waals surface area contributed by atoms with Gasteiger partial charge in [-0.05, 0) is 26.8 Å². The molecule has 0 aliphatic carbocycles. The average Bonchev–Trinajstić information content (AvgIpc) is 2.23. The molecule has 0 spiro atoms. The van der Waals surface area contributed by atoms with Gasteiger partial charge in [0.05, 0.1) is 12.7 Å². The molecule has 2 N–H and O–H groups in total. The van der Waals surface area contributed by atoms with Gasteiger partial charge in [0, 0.05) is 5.69 Å². The van der Waals surface area contributed by atoms with Gasteiger partial charge in [0.15, 0.2) is 0 Å². The fourth-order valence-corrected chi connectivity index (χ4v) is 1.25. The molecule has 5 nitrogen and oxygen atoms in total. The number of hydrogen-bond donors (Lipinski definition) is 1. The first-order valence-electron chi connectivity index (χ1n) is 5.39. The zero-order chi connectivity index (χ0) is 12.8. The second-order valence-corrected chi connectivity index (χ2v) is 4.25. The molecular formula is C11H17N3O2S. The number of thiocarbonyl (C=S) groups is 1. The first kappa shape index (κ1) is 13.8. The summed E-state index contributed by atoms with van der Waals surface area (Å²) in [5.74, 6) is 0. The molecule has 0 radical (unpaired) electrons. The van der Waals surface area contributed by atoms with Crippen LogP contribution in [0.2, 0.25) is 0 Å². The van der Waals surface area contributed by atoms with Crippen molar-refractivity contribution in [3.05, 3.63) is 17.5 Å². The zero-order valence-electron chi connectivity index (χ0n) is 10.3. The lowest BCUT2D eigenvalue weighted by Crippen LogP contribution is -2.16.